The van der Waals surface area contributed by atoms with Crippen LogP contribution in [-0.2, 0) is 4.74 Å². The van der Waals surface area contributed by atoms with Crippen molar-refractivity contribution >= 4 is 0 Å². The van der Waals surface area contributed by atoms with E-state index < -0.39 is 0 Å². The van der Waals surface area contributed by atoms with Crippen molar-refractivity contribution < 1.29 is 4.74 Å². The highest BCUT2D eigenvalue weighted by Gasteiger charge is 2.29. The third-order valence-electron chi connectivity index (χ3n) is 3.76. The minimum Gasteiger partial charge on any atom is -0.381 e. The van der Waals surface area contributed by atoms with Gasteiger partial charge in [-0.1, -0.05) is 27.7 Å². The van der Waals surface area contributed by atoms with E-state index in [1.807, 2.05) is 0 Å². The van der Waals surface area contributed by atoms with E-state index in [0.29, 0.717) is 6.04 Å². The second-order valence-electron chi connectivity index (χ2n) is 5.16. The van der Waals surface area contributed by atoms with Crippen LogP contribution in [0.1, 0.15) is 40.5 Å². The van der Waals surface area contributed by atoms with Crippen molar-refractivity contribution in [3.05, 3.63) is 0 Å². The topological polar surface area (TPSA) is 21.3 Å². The van der Waals surface area contributed by atoms with Crippen molar-refractivity contribution in [2.24, 2.45) is 17.8 Å². The van der Waals surface area contributed by atoms with Crippen LogP contribution in [0.4, 0.5) is 0 Å². The van der Waals surface area contributed by atoms with Crippen molar-refractivity contribution in [3.8, 4) is 0 Å². The van der Waals surface area contributed by atoms with E-state index >= 15 is 0 Å². The van der Waals surface area contributed by atoms with Gasteiger partial charge in [-0.3, -0.25) is 0 Å². The molecule has 2 nitrogen and oxygen atoms in total. The second kappa shape index (κ2) is 6.49. The molecule has 3 unspecified atom stereocenters. The molecule has 0 aromatic carbocycles. The zero-order valence-corrected chi connectivity index (χ0v) is 10.8. The molecule has 1 aliphatic rings. The fourth-order valence-electron chi connectivity index (χ4n) is 2.48. The Balaban J connectivity index is 2.54. The maximum atomic E-state index is 5.60. The second-order valence-corrected chi connectivity index (χ2v) is 5.16. The Morgan fingerprint density at radius 1 is 1.33 bits per heavy atom. The summed E-state index contributed by atoms with van der Waals surface area (Å²) in [5, 5.41) is 3.65. The molecule has 90 valence electrons. The fourth-order valence-corrected chi connectivity index (χ4v) is 2.48. The summed E-state index contributed by atoms with van der Waals surface area (Å²) in [6, 6.07) is 0.635. The quantitative estimate of drug-likeness (QED) is 0.758. The van der Waals surface area contributed by atoms with Crippen LogP contribution in [0, 0.1) is 17.8 Å². The Morgan fingerprint density at radius 3 is 2.53 bits per heavy atom. The molecular weight excluding hydrogens is 186 g/mol. The van der Waals surface area contributed by atoms with Crippen LogP contribution >= 0.6 is 0 Å². The number of rotatable bonds is 5. The maximum Gasteiger partial charge on any atom is 0.0509 e. The van der Waals surface area contributed by atoms with Gasteiger partial charge < -0.3 is 10.1 Å². The van der Waals surface area contributed by atoms with Crippen LogP contribution in [-0.4, -0.2) is 25.8 Å². The highest BCUT2D eigenvalue weighted by atomic mass is 16.5. The predicted molar refractivity (Wildman–Crippen MR) is 65.0 cm³/mol. The van der Waals surface area contributed by atoms with Crippen LogP contribution in [0.15, 0.2) is 0 Å². The molecule has 0 aliphatic carbocycles. The molecule has 1 saturated heterocycles. The molecule has 1 aliphatic heterocycles. The van der Waals surface area contributed by atoms with Crippen molar-refractivity contribution in [1.82, 2.24) is 5.32 Å². The van der Waals surface area contributed by atoms with Crippen LogP contribution in [0.25, 0.3) is 0 Å². The van der Waals surface area contributed by atoms with Crippen molar-refractivity contribution in [2.75, 3.05) is 19.8 Å². The van der Waals surface area contributed by atoms with Gasteiger partial charge in [0.15, 0.2) is 0 Å². The highest BCUT2D eigenvalue weighted by molar-refractivity contribution is 4.83. The molecule has 0 bridgehead atoms. The predicted octanol–water partition coefficient (Wildman–Crippen LogP) is 2.68. The largest absolute Gasteiger partial charge is 0.381 e. The molecule has 0 aromatic heterocycles. The van der Waals surface area contributed by atoms with Gasteiger partial charge in [-0.2, -0.15) is 0 Å². The van der Waals surface area contributed by atoms with Gasteiger partial charge in [0.2, 0.25) is 0 Å². The molecule has 0 amide bonds. The van der Waals surface area contributed by atoms with Gasteiger partial charge in [0.25, 0.3) is 0 Å². The first-order valence-electron chi connectivity index (χ1n) is 6.48. The van der Waals surface area contributed by atoms with E-state index in [9.17, 15) is 0 Å². The Labute approximate surface area is 94.8 Å². The third-order valence-corrected chi connectivity index (χ3v) is 3.76. The van der Waals surface area contributed by atoms with Gasteiger partial charge in [-0.15, -0.1) is 0 Å². The van der Waals surface area contributed by atoms with E-state index in [1.165, 1.54) is 12.8 Å². The molecule has 1 N–H and O–H groups in total. The fraction of sp³-hybridized carbons (Fsp3) is 1.00. The molecule has 3 atom stereocenters. The molecular formula is C13H27NO. The third kappa shape index (κ3) is 3.76. The van der Waals surface area contributed by atoms with Crippen LogP contribution in [0.2, 0.25) is 0 Å². The number of ether oxygens (including phenoxy) is 1. The lowest BCUT2D eigenvalue weighted by Gasteiger charge is -2.36. The standard InChI is InChI=1S/C13H27NO/c1-5-14-13(11(4)10(2)3)12-7-6-8-15-9-12/h10-14H,5-9H2,1-4H3. The minimum atomic E-state index is 0.635. The lowest BCUT2D eigenvalue weighted by molar-refractivity contribution is 0.0260. The smallest absolute Gasteiger partial charge is 0.0509 e. The summed E-state index contributed by atoms with van der Waals surface area (Å²) in [7, 11) is 0. The summed E-state index contributed by atoms with van der Waals surface area (Å²) >= 11 is 0. The van der Waals surface area contributed by atoms with E-state index in [2.05, 4.69) is 33.0 Å². The summed E-state index contributed by atoms with van der Waals surface area (Å²) in [4.78, 5) is 0. The van der Waals surface area contributed by atoms with Gasteiger partial charge in [0.1, 0.15) is 0 Å². The number of hydrogen-bond donors (Lipinski definition) is 1. The van der Waals surface area contributed by atoms with Gasteiger partial charge in [-0.25, -0.2) is 0 Å². The maximum absolute atomic E-state index is 5.60. The van der Waals surface area contributed by atoms with Crippen molar-refractivity contribution in [2.45, 2.75) is 46.6 Å². The Bertz CT molecular complexity index is 164. The van der Waals surface area contributed by atoms with Crippen LogP contribution < -0.4 is 5.32 Å². The molecule has 1 heterocycles. The summed E-state index contributed by atoms with van der Waals surface area (Å²) in [5.41, 5.74) is 0. The monoisotopic (exact) mass is 213 g/mol. The van der Waals surface area contributed by atoms with E-state index in [0.717, 1.165) is 37.5 Å². The van der Waals surface area contributed by atoms with Gasteiger partial charge in [0, 0.05) is 12.6 Å². The van der Waals surface area contributed by atoms with Gasteiger partial charge >= 0.3 is 0 Å². The first-order chi connectivity index (χ1) is 7.16. The molecule has 2 heteroatoms. The zero-order chi connectivity index (χ0) is 11.3. The Kier molecular flexibility index (Phi) is 5.62. The summed E-state index contributed by atoms with van der Waals surface area (Å²) in [6.07, 6.45) is 2.56. The molecule has 0 saturated carbocycles. The summed E-state index contributed by atoms with van der Waals surface area (Å²) < 4.78 is 5.60. The SMILES string of the molecule is CCNC(C1CCCOC1)C(C)C(C)C. The average Bonchev–Trinajstić information content (AvgIpc) is 2.26. The highest BCUT2D eigenvalue weighted by Crippen LogP contribution is 2.26. The number of nitrogens with one attached hydrogen (secondary N) is 1. The van der Waals surface area contributed by atoms with Gasteiger partial charge in [-0.05, 0) is 37.1 Å². The molecule has 15 heavy (non-hydrogen) atoms. The van der Waals surface area contributed by atoms with E-state index in [1.54, 1.807) is 0 Å². The Hall–Kier alpha value is -0.0800. The Morgan fingerprint density at radius 2 is 2.07 bits per heavy atom. The molecule has 0 spiro atoms. The minimum absolute atomic E-state index is 0.635. The lowest BCUT2D eigenvalue weighted by atomic mass is 9.80. The molecule has 0 radical (unpaired) electrons. The lowest BCUT2D eigenvalue weighted by Crippen LogP contribution is -2.45. The van der Waals surface area contributed by atoms with Crippen molar-refractivity contribution in [3.63, 3.8) is 0 Å². The van der Waals surface area contributed by atoms with E-state index in [-0.39, 0.29) is 0 Å². The summed E-state index contributed by atoms with van der Waals surface area (Å²) in [6.45, 7) is 12.2. The van der Waals surface area contributed by atoms with Crippen LogP contribution in [0.5, 0.6) is 0 Å². The van der Waals surface area contributed by atoms with Crippen molar-refractivity contribution in [1.29, 1.82) is 0 Å². The normalized spacial score (nSPS) is 26.6. The summed E-state index contributed by atoms with van der Waals surface area (Å²) in [5.74, 6) is 2.20. The van der Waals surface area contributed by atoms with Gasteiger partial charge in [0.05, 0.1) is 6.61 Å². The van der Waals surface area contributed by atoms with E-state index in [4.69, 9.17) is 4.74 Å². The zero-order valence-electron chi connectivity index (χ0n) is 10.8. The van der Waals surface area contributed by atoms with Crippen LogP contribution in [0.3, 0.4) is 0 Å². The molecule has 1 fully saturated rings. The average molecular weight is 213 g/mol. The first-order valence-corrected chi connectivity index (χ1v) is 6.48. The molecule has 1 rings (SSSR count). The molecule has 0 aromatic rings. The first kappa shape index (κ1) is 13.0. The number of hydrogen-bond acceptors (Lipinski definition) is 2.